The first kappa shape index (κ1) is 21.6. The zero-order valence-corrected chi connectivity index (χ0v) is 17.2. The molecule has 0 spiro atoms. The lowest BCUT2D eigenvalue weighted by molar-refractivity contribution is -0.137. The molecule has 0 radical (unpaired) electrons. The lowest BCUT2D eigenvalue weighted by Crippen LogP contribution is -2.50. The van der Waals surface area contributed by atoms with E-state index in [1.54, 1.807) is 21.9 Å². The molecule has 1 aliphatic heterocycles. The molecule has 0 aromatic heterocycles. The van der Waals surface area contributed by atoms with Gasteiger partial charge in [0.25, 0.3) is 11.8 Å². The summed E-state index contributed by atoms with van der Waals surface area (Å²) in [5, 5.41) is 0. The van der Waals surface area contributed by atoms with Crippen LogP contribution >= 0.6 is 0 Å². The summed E-state index contributed by atoms with van der Waals surface area (Å²) in [4.78, 5) is 28.7. The average Bonchev–Trinajstić information content (AvgIpc) is 2.83. The molecule has 1 fully saturated rings. The number of hydrogen-bond acceptors (Lipinski definition) is 2. The van der Waals surface area contributed by atoms with E-state index >= 15 is 0 Å². The van der Waals surface area contributed by atoms with Gasteiger partial charge in [0.15, 0.2) is 0 Å². The van der Waals surface area contributed by atoms with Crippen LogP contribution in [0.25, 0.3) is 11.1 Å². The minimum absolute atomic E-state index is 0.105. The molecule has 32 heavy (non-hydrogen) atoms. The highest BCUT2D eigenvalue weighted by atomic mass is 19.4. The number of carbonyl (C=O) groups excluding carboxylic acids is 2. The second-order valence-corrected chi connectivity index (χ2v) is 7.60. The molecule has 164 valence electrons. The fourth-order valence-corrected chi connectivity index (χ4v) is 3.72. The van der Waals surface area contributed by atoms with Crippen molar-refractivity contribution in [1.29, 1.82) is 0 Å². The van der Waals surface area contributed by atoms with E-state index in [0.717, 1.165) is 23.3 Å². The number of benzene rings is 3. The predicted octanol–water partition coefficient (Wildman–Crippen LogP) is 4.97. The number of alkyl halides is 3. The van der Waals surface area contributed by atoms with E-state index in [9.17, 15) is 22.8 Å². The lowest BCUT2D eigenvalue weighted by atomic mass is 10.0. The molecule has 3 aromatic carbocycles. The van der Waals surface area contributed by atoms with Crippen molar-refractivity contribution in [3.63, 3.8) is 0 Å². The lowest BCUT2D eigenvalue weighted by Gasteiger charge is -2.35. The Labute approximate surface area is 183 Å². The third-order valence-electron chi connectivity index (χ3n) is 5.55. The van der Waals surface area contributed by atoms with Crippen molar-refractivity contribution in [2.75, 3.05) is 26.2 Å². The Morgan fingerprint density at radius 3 is 1.44 bits per heavy atom. The largest absolute Gasteiger partial charge is 0.416 e. The Bertz CT molecular complexity index is 1090. The van der Waals surface area contributed by atoms with Crippen LogP contribution in [0.1, 0.15) is 26.3 Å². The zero-order valence-electron chi connectivity index (χ0n) is 17.2. The van der Waals surface area contributed by atoms with E-state index in [4.69, 9.17) is 0 Å². The fourth-order valence-electron chi connectivity index (χ4n) is 3.72. The van der Waals surface area contributed by atoms with E-state index in [-0.39, 0.29) is 17.4 Å². The number of amides is 2. The highest BCUT2D eigenvalue weighted by molar-refractivity contribution is 5.96. The Balaban J connectivity index is 1.36. The molecule has 1 heterocycles. The first-order valence-electron chi connectivity index (χ1n) is 10.2. The summed E-state index contributed by atoms with van der Waals surface area (Å²) in [5.74, 6) is -0.440. The molecule has 1 saturated heterocycles. The summed E-state index contributed by atoms with van der Waals surface area (Å²) in [6.45, 7) is 1.39. The molecule has 7 heteroatoms. The number of hydrogen-bond donors (Lipinski definition) is 0. The van der Waals surface area contributed by atoms with Gasteiger partial charge in [-0.2, -0.15) is 13.2 Å². The summed E-state index contributed by atoms with van der Waals surface area (Å²) >= 11 is 0. The second kappa shape index (κ2) is 8.86. The number of carbonyl (C=O) groups is 2. The first-order chi connectivity index (χ1) is 15.3. The van der Waals surface area contributed by atoms with Gasteiger partial charge in [-0.3, -0.25) is 9.59 Å². The van der Waals surface area contributed by atoms with E-state index in [2.05, 4.69) is 0 Å². The van der Waals surface area contributed by atoms with Gasteiger partial charge in [0, 0.05) is 37.3 Å². The molecule has 4 rings (SSSR count). The van der Waals surface area contributed by atoms with Crippen LogP contribution in [-0.4, -0.2) is 47.8 Å². The van der Waals surface area contributed by atoms with E-state index in [1.807, 2.05) is 42.5 Å². The number of piperazine rings is 1. The monoisotopic (exact) mass is 438 g/mol. The smallest absolute Gasteiger partial charge is 0.335 e. The van der Waals surface area contributed by atoms with Gasteiger partial charge in [-0.15, -0.1) is 0 Å². The molecule has 0 atom stereocenters. The van der Waals surface area contributed by atoms with Gasteiger partial charge >= 0.3 is 6.18 Å². The highest BCUT2D eigenvalue weighted by Crippen LogP contribution is 2.29. The summed E-state index contributed by atoms with van der Waals surface area (Å²) < 4.78 is 38.1. The molecule has 0 aliphatic carbocycles. The maximum absolute atomic E-state index is 12.8. The van der Waals surface area contributed by atoms with E-state index in [0.29, 0.717) is 31.7 Å². The predicted molar refractivity (Wildman–Crippen MR) is 115 cm³/mol. The minimum atomic E-state index is -4.44. The average molecular weight is 438 g/mol. The number of halogens is 3. The maximum atomic E-state index is 12.8. The van der Waals surface area contributed by atoms with Crippen molar-refractivity contribution in [2.24, 2.45) is 0 Å². The van der Waals surface area contributed by atoms with Crippen LogP contribution in [0, 0.1) is 0 Å². The van der Waals surface area contributed by atoms with Crippen molar-refractivity contribution < 1.29 is 22.8 Å². The first-order valence-corrected chi connectivity index (χ1v) is 10.2. The quantitative estimate of drug-likeness (QED) is 0.579. The van der Waals surface area contributed by atoms with Crippen LogP contribution < -0.4 is 0 Å². The molecule has 0 saturated carbocycles. The van der Waals surface area contributed by atoms with Crippen molar-refractivity contribution in [3.05, 3.63) is 95.6 Å². The highest BCUT2D eigenvalue weighted by Gasteiger charge is 2.31. The minimum Gasteiger partial charge on any atom is -0.335 e. The van der Waals surface area contributed by atoms with E-state index in [1.165, 1.54) is 12.1 Å². The molecule has 2 amide bonds. The molecular weight excluding hydrogens is 417 g/mol. The van der Waals surface area contributed by atoms with Gasteiger partial charge in [-0.25, -0.2) is 0 Å². The van der Waals surface area contributed by atoms with Crippen LogP contribution in [0.3, 0.4) is 0 Å². The Hall–Kier alpha value is -3.61. The van der Waals surface area contributed by atoms with Crippen molar-refractivity contribution >= 4 is 11.8 Å². The summed E-state index contributed by atoms with van der Waals surface area (Å²) in [6, 6.07) is 21.5. The molecule has 0 N–H and O–H groups in total. The standard InChI is InChI=1S/C25H21F3N2O2/c26-25(27,28)22-12-10-21(11-13-22)24(32)30-16-14-29(15-17-30)23(31)20-8-6-19(7-9-20)18-4-2-1-3-5-18/h1-13H,14-17H2. The van der Waals surface area contributed by atoms with Crippen LogP contribution in [0.2, 0.25) is 0 Å². The summed E-state index contributed by atoms with van der Waals surface area (Å²) in [6.07, 6.45) is -4.44. The normalized spacial score (nSPS) is 14.3. The molecule has 1 aliphatic rings. The molecule has 4 nitrogen and oxygen atoms in total. The van der Waals surface area contributed by atoms with Crippen LogP contribution in [0.4, 0.5) is 13.2 Å². The topological polar surface area (TPSA) is 40.6 Å². The van der Waals surface area contributed by atoms with Gasteiger partial charge in [0.1, 0.15) is 0 Å². The molecule has 0 bridgehead atoms. The van der Waals surface area contributed by atoms with Gasteiger partial charge < -0.3 is 9.80 Å². The van der Waals surface area contributed by atoms with Gasteiger partial charge in [-0.05, 0) is 47.5 Å². The zero-order chi connectivity index (χ0) is 22.7. The van der Waals surface area contributed by atoms with Gasteiger partial charge in [0.2, 0.25) is 0 Å². The molecule has 3 aromatic rings. The van der Waals surface area contributed by atoms with Gasteiger partial charge in [0.05, 0.1) is 5.56 Å². The number of rotatable bonds is 3. The third kappa shape index (κ3) is 4.66. The SMILES string of the molecule is O=C(c1ccc(-c2ccccc2)cc1)N1CCN(C(=O)c2ccc(C(F)(F)F)cc2)CC1. The summed E-state index contributed by atoms with van der Waals surface area (Å²) in [5.41, 5.74) is 2.08. The van der Waals surface area contributed by atoms with Crippen LogP contribution in [0.5, 0.6) is 0 Å². The number of nitrogens with zero attached hydrogens (tertiary/aromatic N) is 2. The Morgan fingerprint density at radius 1 is 0.594 bits per heavy atom. The molecule has 0 unspecified atom stereocenters. The van der Waals surface area contributed by atoms with E-state index < -0.39 is 11.7 Å². The van der Waals surface area contributed by atoms with Gasteiger partial charge in [-0.1, -0.05) is 42.5 Å². The second-order valence-electron chi connectivity index (χ2n) is 7.60. The van der Waals surface area contributed by atoms with Crippen LogP contribution in [-0.2, 0) is 6.18 Å². The molecular formula is C25H21F3N2O2. The van der Waals surface area contributed by atoms with Crippen molar-refractivity contribution in [1.82, 2.24) is 9.80 Å². The Morgan fingerprint density at radius 2 is 1.00 bits per heavy atom. The third-order valence-corrected chi connectivity index (χ3v) is 5.55. The van der Waals surface area contributed by atoms with Crippen molar-refractivity contribution in [3.8, 4) is 11.1 Å². The van der Waals surface area contributed by atoms with Crippen molar-refractivity contribution in [2.45, 2.75) is 6.18 Å². The maximum Gasteiger partial charge on any atom is 0.416 e. The Kier molecular flexibility index (Phi) is 5.99. The van der Waals surface area contributed by atoms with Crippen LogP contribution in [0.15, 0.2) is 78.9 Å². The summed E-state index contributed by atoms with van der Waals surface area (Å²) in [7, 11) is 0. The fraction of sp³-hybridized carbons (Fsp3) is 0.200.